The number of rotatable bonds is 3. The van der Waals surface area contributed by atoms with Gasteiger partial charge in [0.15, 0.2) is 0 Å². The van der Waals surface area contributed by atoms with Gasteiger partial charge < -0.3 is 5.32 Å². The largest absolute Gasteiger partial charge is 0.312 e. The zero-order chi connectivity index (χ0) is 15.5. The molecule has 0 heterocycles. The first-order valence-electron chi connectivity index (χ1n) is 8.69. The molecule has 0 aliphatic heterocycles. The minimum Gasteiger partial charge on any atom is -0.312 e. The summed E-state index contributed by atoms with van der Waals surface area (Å²) >= 11 is 0. The zero-order valence-corrected chi connectivity index (χ0v) is 14.6. The molecule has 1 fully saturated rings. The maximum absolute atomic E-state index is 3.75. The fraction of sp³-hybridized carbons (Fsp3) is 0.700. The summed E-state index contributed by atoms with van der Waals surface area (Å²) in [6.45, 7) is 12.5. The van der Waals surface area contributed by atoms with Crippen molar-refractivity contribution < 1.29 is 0 Å². The summed E-state index contributed by atoms with van der Waals surface area (Å²) < 4.78 is 0. The van der Waals surface area contributed by atoms with Gasteiger partial charge in [-0.2, -0.15) is 0 Å². The molecule has 2 unspecified atom stereocenters. The number of hydrogen-bond acceptors (Lipinski definition) is 1. The molecular formula is C20H33N. The Balaban J connectivity index is 2.21. The summed E-state index contributed by atoms with van der Waals surface area (Å²) in [4.78, 5) is 0. The van der Waals surface area contributed by atoms with Crippen molar-refractivity contribution in [2.75, 3.05) is 6.54 Å². The molecular weight excluding hydrogens is 254 g/mol. The van der Waals surface area contributed by atoms with Crippen LogP contribution < -0.4 is 5.32 Å². The summed E-state index contributed by atoms with van der Waals surface area (Å²) in [7, 11) is 0. The van der Waals surface area contributed by atoms with Crippen LogP contribution in [0.1, 0.15) is 75.5 Å². The maximum atomic E-state index is 3.75. The third-order valence-corrected chi connectivity index (χ3v) is 5.10. The van der Waals surface area contributed by atoms with Gasteiger partial charge in [-0.15, -0.1) is 0 Å². The number of benzene rings is 1. The van der Waals surface area contributed by atoms with Crippen molar-refractivity contribution in [1.29, 1.82) is 0 Å². The quantitative estimate of drug-likeness (QED) is 0.738. The lowest BCUT2D eigenvalue weighted by Crippen LogP contribution is -2.40. The van der Waals surface area contributed by atoms with Crippen molar-refractivity contribution in [2.45, 2.75) is 78.2 Å². The van der Waals surface area contributed by atoms with E-state index >= 15 is 0 Å². The molecule has 0 saturated heterocycles. The van der Waals surface area contributed by atoms with Crippen LogP contribution in [0.3, 0.4) is 0 Å². The molecule has 1 aromatic rings. The van der Waals surface area contributed by atoms with Crippen LogP contribution in [0.25, 0.3) is 0 Å². The molecule has 1 N–H and O–H groups in total. The van der Waals surface area contributed by atoms with Crippen molar-refractivity contribution in [3.05, 3.63) is 34.9 Å². The lowest BCUT2D eigenvalue weighted by atomic mass is 9.79. The molecule has 1 aliphatic rings. The first-order chi connectivity index (χ1) is 9.88. The second kappa shape index (κ2) is 6.96. The molecule has 0 amide bonds. The molecule has 1 heteroatoms. The Morgan fingerprint density at radius 2 is 1.76 bits per heavy atom. The van der Waals surface area contributed by atoms with Crippen molar-refractivity contribution in [1.82, 2.24) is 5.32 Å². The van der Waals surface area contributed by atoms with Crippen LogP contribution in [0.4, 0.5) is 0 Å². The van der Waals surface area contributed by atoms with Gasteiger partial charge in [0.25, 0.3) is 0 Å². The molecule has 118 valence electrons. The van der Waals surface area contributed by atoms with Crippen LogP contribution in [-0.2, 0) is 0 Å². The summed E-state index contributed by atoms with van der Waals surface area (Å²) in [6, 6.07) is 6.87. The van der Waals surface area contributed by atoms with Gasteiger partial charge in [0.2, 0.25) is 0 Å². The monoisotopic (exact) mass is 287 g/mol. The van der Waals surface area contributed by atoms with Crippen LogP contribution in [0.2, 0.25) is 0 Å². The fourth-order valence-corrected chi connectivity index (χ4v) is 3.65. The molecule has 0 bridgehead atoms. The Morgan fingerprint density at radius 3 is 2.48 bits per heavy atom. The Kier molecular flexibility index (Phi) is 5.48. The minimum atomic E-state index is 0.221. The van der Waals surface area contributed by atoms with Crippen LogP contribution in [-0.4, -0.2) is 12.1 Å². The molecule has 2 atom stereocenters. The fourth-order valence-electron chi connectivity index (χ4n) is 3.65. The van der Waals surface area contributed by atoms with Gasteiger partial charge in [0, 0.05) is 5.54 Å². The summed E-state index contributed by atoms with van der Waals surface area (Å²) in [5.74, 6) is 1.52. The predicted octanol–water partition coefficient (Wildman–Crippen LogP) is 5.36. The molecule has 21 heavy (non-hydrogen) atoms. The first-order valence-corrected chi connectivity index (χ1v) is 8.69. The van der Waals surface area contributed by atoms with E-state index in [-0.39, 0.29) is 5.54 Å². The van der Waals surface area contributed by atoms with Gasteiger partial charge in [-0.05, 0) is 82.5 Å². The average molecular weight is 287 g/mol. The van der Waals surface area contributed by atoms with Crippen molar-refractivity contribution in [3.63, 3.8) is 0 Å². The van der Waals surface area contributed by atoms with Crippen LogP contribution in [0, 0.1) is 19.8 Å². The molecule has 1 nitrogen and oxygen atoms in total. The molecule has 1 saturated carbocycles. The highest BCUT2D eigenvalue weighted by atomic mass is 14.9. The SMILES string of the molecule is Cc1cccc(C2CCCCCC2CNC(C)(C)C)c1C. The summed E-state index contributed by atoms with van der Waals surface area (Å²) in [6.07, 6.45) is 6.94. The van der Waals surface area contributed by atoms with E-state index in [4.69, 9.17) is 0 Å². The van der Waals surface area contributed by atoms with E-state index in [9.17, 15) is 0 Å². The topological polar surface area (TPSA) is 12.0 Å². The standard InChI is InChI=1S/C20H33N/c1-15-10-9-13-18(16(15)2)19-12-8-6-7-11-17(19)14-21-20(3,4)5/h9-10,13,17,19,21H,6-8,11-12,14H2,1-5H3. The molecule has 1 aliphatic carbocycles. The Morgan fingerprint density at radius 1 is 1.05 bits per heavy atom. The smallest absolute Gasteiger partial charge is 0.00966 e. The lowest BCUT2D eigenvalue weighted by molar-refractivity contribution is 0.321. The van der Waals surface area contributed by atoms with Crippen LogP contribution in [0.5, 0.6) is 0 Å². The highest BCUT2D eigenvalue weighted by Crippen LogP contribution is 2.38. The number of hydrogen-bond donors (Lipinski definition) is 1. The highest BCUT2D eigenvalue weighted by molar-refractivity contribution is 5.36. The minimum absolute atomic E-state index is 0.221. The Hall–Kier alpha value is -0.820. The summed E-state index contributed by atoms with van der Waals surface area (Å²) in [5, 5.41) is 3.75. The van der Waals surface area contributed by atoms with Gasteiger partial charge in [0.05, 0.1) is 0 Å². The van der Waals surface area contributed by atoms with Gasteiger partial charge >= 0.3 is 0 Å². The number of aryl methyl sites for hydroxylation is 1. The highest BCUT2D eigenvalue weighted by Gasteiger charge is 2.27. The molecule has 1 aromatic carbocycles. The summed E-state index contributed by atoms with van der Waals surface area (Å²) in [5.41, 5.74) is 4.79. The maximum Gasteiger partial charge on any atom is 0.00966 e. The second-order valence-electron chi connectivity index (χ2n) is 7.92. The van der Waals surface area contributed by atoms with Crippen molar-refractivity contribution in [2.24, 2.45) is 5.92 Å². The van der Waals surface area contributed by atoms with Crippen molar-refractivity contribution in [3.8, 4) is 0 Å². The molecule has 0 radical (unpaired) electrons. The van der Waals surface area contributed by atoms with E-state index in [1.54, 1.807) is 5.56 Å². The molecule has 0 aromatic heterocycles. The normalized spacial score (nSPS) is 23.9. The number of nitrogens with one attached hydrogen (secondary N) is 1. The van der Waals surface area contributed by atoms with Gasteiger partial charge in [-0.3, -0.25) is 0 Å². The van der Waals surface area contributed by atoms with Crippen molar-refractivity contribution >= 4 is 0 Å². The van der Waals surface area contributed by atoms with Crippen LogP contribution >= 0.6 is 0 Å². The lowest BCUT2D eigenvalue weighted by Gasteiger charge is -2.31. The second-order valence-corrected chi connectivity index (χ2v) is 7.92. The Labute approximate surface area is 131 Å². The Bertz CT molecular complexity index is 455. The van der Waals surface area contributed by atoms with Gasteiger partial charge in [-0.25, -0.2) is 0 Å². The molecule has 2 rings (SSSR count). The zero-order valence-electron chi connectivity index (χ0n) is 14.6. The van der Waals surface area contributed by atoms with E-state index in [1.807, 2.05) is 0 Å². The van der Waals surface area contributed by atoms with E-state index in [2.05, 4.69) is 58.1 Å². The third-order valence-electron chi connectivity index (χ3n) is 5.10. The van der Waals surface area contributed by atoms with E-state index in [0.717, 1.165) is 18.4 Å². The predicted molar refractivity (Wildman–Crippen MR) is 93.0 cm³/mol. The average Bonchev–Trinajstić information content (AvgIpc) is 2.64. The van der Waals surface area contributed by atoms with Crippen LogP contribution in [0.15, 0.2) is 18.2 Å². The van der Waals surface area contributed by atoms with E-state index in [0.29, 0.717) is 0 Å². The molecule has 0 spiro atoms. The van der Waals surface area contributed by atoms with E-state index in [1.165, 1.54) is 43.2 Å². The van der Waals surface area contributed by atoms with Gasteiger partial charge in [-0.1, -0.05) is 37.5 Å². The first kappa shape index (κ1) is 16.5. The third kappa shape index (κ3) is 4.57. The van der Waals surface area contributed by atoms with E-state index < -0.39 is 0 Å². The van der Waals surface area contributed by atoms with Gasteiger partial charge in [0.1, 0.15) is 0 Å².